The van der Waals surface area contributed by atoms with Gasteiger partial charge in [0.05, 0.1) is 31.5 Å². The van der Waals surface area contributed by atoms with E-state index < -0.39 is 30.5 Å². The molecule has 0 spiro atoms. The summed E-state index contributed by atoms with van der Waals surface area (Å²) in [6, 6.07) is 19.3. The summed E-state index contributed by atoms with van der Waals surface area (Å²) in [5.41, 5.74) is 4.78. The Morgan fingerprint density at radius 2 is 1.77 bits per heavy atom. The number of benzene rings is 2. The van der Waals surface area contributed by atoms with Gasteiger partial charge in [0, 0.05) is 55.9 Å². The van der Waals surface area contributed by atoms with E-state index in [1.54, 1.807) is 6.92 Å². The van der Waals surface area contributed by atoms with E-state index in [1.165, 1.54) is 16.5 Å². The Morgan fingerprint density at radius 3 is 2.54 bits per heavy atom. The summed E-state index contributed by atoms with van der Waals surface area (Å²) in [5.74, 6) is 0. The molecule has 0 saturated carbocycles. The largest absolute Gasteiger partial charge is 0.388 e. The number of aromatic nitrogens is 1. The maximum atomic E-state index is 10.2. The van der Waals surface area contributed by atoms with Crippen LogP contribution in [0, 0.1) is 11.3 Å². The third-order valence-corrected chi connectivity index (χ3v) is 7.73. The maximum absolute atomic E-state index is 10.2. The molecule has 39 heavy (non-hydrogen) atoms. The molecule has 0 aliphatic carbocycles. The van der Waals surface area contributed by atoms with Crippen molar-refractivity contribution in [1.82, 2.24) is 9.88 Å². The van der Waals surface area contributed by atoms with Gasteiger partial charge in [0.15, 0.2) is 0 Å². The van der Waals surface area contributed by atoms with Gasteiger partial charge in [-0.2, -0.15) is 5.26 Å². The van der Waals surface area contributed by atoms with Crippen molar-refractivity contribution in [2.45, 2.75) is 37.4 Å². The van der Waals surface area contributed by atoms with E-state index in [0.29, 0.717) is 5.57 Å². The first kappa shape index (κ1) is 27.3. The van der Waals surface area contributed by atoms with Crippen molar-refractivity contribution in [2.75, 3.05) is 44.3 Å². The lowest BCUT2D eigenvalue weighted by atomic mass is 9.95. The first-order valence-electron chi connectivity index (χ1n) is 13.4. The van der Waals surface area contributed by atoms with Crippen LogP contribution in [0.15, 0.2) is 54.1 Å². The van der Waals surface area contributed by atoms with Crippen LogP contribution < -0.4 is 10.2 Å². The van der Waals surface area contributed by atoms with Crippen LogP contribution in [0.1, 0.15) is 12.6 Å². The SMILES string of the molecule is CC1OC(CNCC(C#N)=Cc2ccc(-c3ccc4cc(N5CCOCC5)ccc4c3)n2C)C(O)C(O)C1O. The summed E-state index contributed by atoms with van der Waals surface area (Å²) in [7, 11) is 1.98. The number of hydrogen-bond acceptors (Lipinski definition) is 8. The zero-order valence-corrected chi connectivity index (χ0v) is 22.3. The van der Waals surface area contributed by atoms with Gasteiger partial charge in [-0.1, -0.05) is 18.2 Å². The summed E-state index contributed by atoms with van der Waals surface area (Å²) < 4.78 is 13.2. The minimum Gasteiger partial charge on any atom is -0.388 e. The molecule has 0 amide bonds. The second kappa shape index (κ2) is 11.9. The number of aliphatic hydroxyl groups is 3. The lowest BCUT2D eigenvalue weighted by Crippen LogP contribution is -2.58. The van der Waals surface area contributed by atoms with Gasteiger partial charge in [-0.3, -0.25) is 0 Å². The number of morpholine rings is 1. The predicted molar refractivity (Wildman–Crippen MR) is 150 cm³/mol. The first-order chi connectivity index (χ1) is 18.9. The number of ether oxygens (including phenoxy) is 2. The van der Waals surface area contributed by atoms with Crippen LogP contribution >= 0.6 is 0 Å². The molecule has 0 radical (unpaired) electrons. The zero-order valence-electron chi connectivity index (χ0n) is 22.3. The summed E-state index contributed by atoms with van der Waals surface area (Å²) >= 11 is 0. The van der Waals surface area contributed by atoms with E-state index in [0.717, 1.165) is 43.3 Å². The van der Waals surface area contributed by atoms with Crippen LogP contribution in [0.2, 0.25) is 0 Å². The topological polar surface area (TPSA) is 123 Å². The molecule has 2 aliphatic rings. The fourth-order valence-corrected chi connectivity index (χ4v) is 5.33. The molecule has 1 aromatic heterocycles. The molecule has 2 fully saturated rings. The Labute approximate surface area is 228 Å². The monoisotopic (exact) mass is 532 g/mol. The van der Waals surface area contributed by atoms with Crippen molar-refractivity contribution >= 4 is 22.5 Å². The molecule has 9 nitrogen and oxygen atoms in total. The number of aliphatic hydroxyl groups excluding tert-OH is 3. The van der Waals surface area contributed by atoms with Crippen LogP contribution in [-0.2, 0) is 16.5 Å². The molecule has 206 valence electrons. The number of hydrogen-bond donors (Lipinski definition) is 4. The van der Waals surface area contributed by atoms with E-state index in [-0.39, 0.29) is 13.1 Å². The first-order valence-corrected chi connectivity index (χ1v) is 13.4. The van der Waals surface area contributed by atoms with Crippen molar-refractivity contribution in [3.63, 3.8) is 0 Å². The highest BCUT2D eigenvalue weighted by atomic mass is 16.5. The van der Waals surface area contributed by atoms with Crippen molar-refractivity contribution in [3.05, 3.63) is 59.8 Å². The summed E-state index contributed by atoms with van der Waals surface area (Å²) in [4.78, 5) is 2.35. The summed E-state index contributed by atoms with van der Waals surface area (Å²) in [5, 5.41) is 45.3. The minimum absolute atomic E-state index is 0.233. The maximum Gasteiger partial charge on any atom is 0.111 e. The smallest absolute Gasteiger partial charge is 0.111 e. The quantitative estimate of drug-likeness (QED) is 0.341. The highest BCUT2D eigenvalue weighted by molar-refractivity contribution is 5.89. The molecule has 0 bridgehead atoms. The number of anilines is 1. The van der Waals surface area contributed by atoms with Crippen LogP contribution in [0.3, 0.4) is 0 Å². The predicted octanol–water partition coefficient (Wildman–Crippen LogP) is 2.05. The molecular formula is C30H36N4O5. The molecule has 5 rings (SSSR count). The van der Waals surface area contributed by atoms with Crippen LogP contribution in [0.4, 0.5) is 5.69 Å². The highest BCUT2D eigenvalue weighted by Gasteiger charge is 2.41. The van der Waals surface area contributed by atoms with Crippen molar-refractivity contribution < 1.29 is 24.8 Å². The van der Waals surface area contributed by atoms with Gasteiger partial charge in [0.25, 0.3) is 0 Å². The normalized spacial score (nSPS) is 26.1. The molecule has 5 unspecified atom stereocenters. The standard InChI is InChI=1S/C30H36N4O5/c1-19-28(35)30(37)29(36)27(39-19)18-32-17-20(16-31)13-24-7-8-26(33(24)2)23-4-3-22-15-25(6-5-21(22)14-23)34-9-11-38-12-10-34/h3-8,13-15,19,27-30,32,35-37H,9-12,17-18H2,1-2H3. The number of rotatable bonds is 7. The lowest BCUT2D eigenvalue weighted by molar-refractivity contribution is -0.215. The second-order valence-electron chi connectivity index (χ2n) is 10.3. The Bertz CT molecular complexity index is 1370. The van der Waals surface area contributed by atoms with Crippen LogP contribution in [0.25, 0.3) is 28.1 Å². The van der Waals surface area contributed by atoms with Gasteiger partial charge in [0.1, 0.15) is 18.3 Å². The van der Waals surface area contributed by atoms with Gasteiger partial charge < -0.3 is 39.6 Å². The Hall–Kier alpha value is -3.23. The Kier molecular flexibility index (Phi) is 8.33. The van der Waals surface area contributed by atoms with Gasteiger partial charge in [-0.15, -0.1) is 0 Å². The van der Waals surface area contributed by atoms with Crippen LogP contribution in [0.5, 0.6) is 0 Å². The molecule has 4 N–H and O–H groups in total. The molecule has 3 aromatic rings. The number of fused-ring (bicyclic) bond motifs is 1. The number of nitrogens with one attached hydrogen (secondary N) is 1. The third kappa shape index (κ3) is 5.87. The summed E-state index contributed by atoms with van der Waals surface area (Å²) in [6.45, 7) is 5.50. The Balaban J connectivity index is 1.26. The van der Waals surface area contributed by atoms with Crippen molar-refractivity contribution in [2.24, 2.45) is 7.05 Å². The Morgan fingerprint density at radius 1 is 1.03 bits per heavy atom. The molecule has 2 aromatic carbocycles. The lowest BCUT2D eigenvalue weighted by Gasteiger charge is -2.39. The number of nitrogens with zero attached hydrogens (tertiary/aromatic N) is 3. The average Bonchev–Trinajstić information content (AvgIpc) is 3.33. The number of nitriles is 1. The van der Waals surface area contributed by atoms with Crippen molar-refractivity contribution in [1.29, 1.82) is 5.26 Å². The molecular weight excluding hydrogens is 496 g/mol. The van der Waals surface area contributed by atoms with E-state index in [9.17, 15) is 20.6 Å². The molecule has 3 heterocycles. The van der Waals surface area contributed by atoms with Gasteiger partial charge in [0.2, 0.25) is 0 Å². The fraction of sp³-hybridized carbons (Fsp3) is 0.433. The van der Waals surface area contributed by atoms with E-state index in [2.05, 4.69) is 63.3 Å². The minimum atomic E-state index is -1.27. The average molecular weight is 533 g/mol. The van der Waals surface area contributed by atoms with E-state index in [1.807, 2.05) is 19.2 Å². The molecule has 5 atom stereocenters. The molecule has 2 saturated heterocycles. The summed E-state index contributed by atoms with van der Waals surface area (Å²) in [6.07, 6.45) is -3.04. The van der Waals surface area contributed by atoms with E-state index >= 15 is 0 Å². The van der Waals surface area contributed by atoms with Crippen molar-refractivity contribution in [3.8, 4) is 17.3 Å². The van der Waals surface area contributed by atoms with Gasteiger partial charge in [-0.25, -0.2) is 0 Å². The molecule has 9 heteroatoms. The molecule has 2 aliphatic heterocycles. The van der Waals surface area contributed by atoms with Crippen LogP contribution in [-0.4, -0.2) is 89.8 Å². The van der Waals surface area contributed by atoms with Gasteiger partial charge in [-0.05, 0) is 59.7 Å². The van der Waals surface area contributed by atoms with Gasteiger partial charge >= 0.3 is 0 Å². The van der Waals surface area contributed by atoms with E-state index in [4.69, 9.17) is 9.47 Å². The second-order valence-corrected chi connectivity index (χ2v) is 10.3. The fourth-order valence-electron chi connectivity index (χ4n) is 5.33. The zero-order chi connectivity index (χ0) is 27.5. The highest BCUT2D eigenvalue weighted by Crippen LogP contribution is 2.29. The third-order valence-electron chi connectivity index (χ3n) is 7.73.